The van der Waals surface area contributed by atoms with Crippen molar-refractivity contribution in [2.24, 2.45) is 0 Å². The Bertz CT molecular complexity index is 693. The van der Waals surface area contributed by atoms with Crippen LogP contribution in [0.2, 0.25) is 0 Å². The molecular weight excluding hydrogens is 251 g/mol. The second kappa shape index (κ2) is 4.30. The van der Waals surface area contributed by atoms with Gasteiger partial charge < -0.3 is 5.32 Å². The monoisotopic (exact) mass is 260 g/mol. The zero-order chi connectivity index (χ0) is 12.5. The van der Waals surface area contributed by atoms with Crippen molar-refractivity contribution in [1.82, 2.24) is 15.0 Å². The fraction of sp³-hybridized carbons (Fsp3) is 0.0833. The second-order valence-corrected chi connectivity index (χ2v) is 4.69. The fourth-order valence-electron chi connectivity index (χ4n) is 1.57. The van der Waals surface area contributed by atoms with E-state index in [1.54, 1.807) is 12.3 Å². The summed E-state index contributed by atoms with van der Waals surface area (Å²) < 4.78 is 13.8. The Morgan fingerprint density at radius 1 is 1.17 bits per heavy atom. The fourth-order valence-corrected chi connectivity index (χ4v) is 2.46. The molecule has 4 nitrogen and oxygen atoms in total. The normalized spacial score (nSPS) is 10.8. The van der Waals surface area contributed by atoms with Crippen molar-refractivity contribution in [2.75, 3.05) is 12.4 Å². The summed E-state index contributed by atoms with van der Waals surface area (Å²) in [5.41, 5.74) is 2.12. The Hall–Kier alpha value is -2.08. The molecule has 0 bridgehead atoms. The summed E-state index contributed by atoms with van der Waals surface area (Å²) in [5.74, 6) is -0.516. The first-order chi connectivity index (χ1) is 8.76. The van der Waals surface area contributed by atoms with Gasteiger partial charge in [-0.15, -0.1) is 11.3 Å². The maximum atomic E-state index is 13.0. The molecule has 0 aliphatic carbocycles. The number of fused-ring (bicyclic) bond motifs is 1. The smallest absolute Gasteiger partial charge is 0.214 e. The molecule has 3 heterocycles. The van der Waals surface area contributed by atoms with E-state index in [9.17, 15) is 4.39 Å². The first-order valence-electron chi connectivity index (χ1n) is 5.33. The third kappa shape index (κ3) is 1.91. The summed E-state index contributed by atoms with van der Waals surface area (Å²) in [7, 11) is 1.83. The highest BCUT2D eigenvalue weighted by atomic mass is 32.1. The number of nitrogens with one attached hydrogen (secondary N) is 1. The largest absolute Gasteiger partial charge is 0.387 e. The minimum Gasteiger partial charge on any atom is -0.387 e. The predicted molar refractivity (Wildman–Crippen MR) is 70.2 cm³/mol. The van der Waals surface area contributed by atoms with Crippen LogP contribution in [0.4, 0.5) is 10.1 Å². The molecule has 0 spiro atoms. The van der Waals surface area contributed by atoms with Gasteiger partial charge in [-0.3, -0.25) is 4.98 Å². The predicted octanol–water partition coefficient (Wildman–Crippen LogP) is 2.93. The highest BCUT2D eigenvalue weighted by molar-refractivity contribution is 7.21. The van der Waals surface area contributed by atoms with Crippen LogP contribution in [0.3, 0.4) is 0 Å². The van der Waals surface area contributed by atoms with Gasteiger partial charge in [0.15, 0.2) is 5.65 Å². The van der Waals surface area contributed by atoms with E-state index in [0.717, 1.165) is 21.1 Å². The number of aromatic nitrogens is 3. The molecule has 1 N–H and O–H groups in total. The van der Waals surface area contributed by atoms with Crippen molar-refractivity contribution < 1.29 is 4.39 Å². The Morgan fingerprint density at radius 3 is 2.78 bits per heavy atom. The summed E-state index contributed by atoms with van der Waals surface area (Å²) in [6.07, 6.45) is 1.73. The maximum absolute atomic E-state index is 13.0. The quantitative estimate of drug-likeness (QED) is 0.720. The Kier molecular flexibility index (Phi) is 2.64. The first-order valence-corrected chi connectivity index (χ1v) is 6.15. The van der Waals surface area contributed by atoms with E-state index in [1.165, 1.54) is 17.4 Å². The van der Waals surface area contributed by atoms with Gasteiger partial charge in [0.25, 0.3) is 0 Å². The third-order valence-electron chi connectivity index (χ3n) is 2.49. The van der Waals surface area contributed by atoms with Crippen LogP contribution in [-0.4, -0.2) is 22.0 Å². The van der Waals surface area contributed by atoms with Gasteiger partial charge in [-0.1, -0.05) is 0 Å². The molecule has 3 rings (SSSR count). The lowest BCUT2D eigenvalue weighted by molar-refractivity contribution is 0.588. The summed E-state index contributed by atoms with van der Waals surface area (Å²) in [6, 6.07) is 6.81. The number of thiazole rings is 1. The van der Waals surface area contributed by atoms with Gasteiger partial charge >= 0.3 is 0 Å². The van der Waals surface area contributed by atoms with Crippen molar-refractivity contribution >= 4 is 27.4 Å². The van der Waals surface area contributed by atoms with Crippen LogP contribution in [0.25, 0.3) is 21.0 Å². The Labute approximate surface area is 107 Å². The van der Waals surface area contributed by atoms with Gasteiger partial charge in [0.05, 0.1) is 22.3 Å². The van der Waals surface area contributed by atoms with Gasteiger partial charge in [-0.25, -0.2) is 4.98 Å². The van der Waals surface area contributed by atoms with Crippen LogP contribution in [-0.2, 0) is 0 Å². The number of pyridine rings is 2. The van der Waals surface area contributed by atoms with Crippen molar-refractivity contribution in [2.45, 2.75) is 0 Å². The number of nitrogens with zero attached hydrogens (tertiary/aromatic N) is 3. The number of anilines is 1. The summed E-state index contributed by atoms with van der Waals surface area (Å²) in [6.45, 7) is 0. The topological polar surface area (TPSA) is 50.7 Å². The zero-order valence-corrected chi connectivity index (χ0v) is 10.3. The van der Waals surface area contributed by atoms with Crippen LogP contribution in [0.15, 0.2) is 30.5 Å². The molecule has 0 fully saturated rings. The van der Waals surface area contributed by atoms with Crippen molar-refractivity contribution in [3.05, 3.63) is 36.4 Å². The van der Waals surface area contributed by atoms with E-state index in [2.05, 4.69) is 20.3 Å². The van der Waals surface area contributed by atoms with Crippen molar-refractivity contribution in [3.63, 3.8) is 0 Å². The molecule has 0 saturated heterocycles. The van der Waals surface area contributed by atoms with E-state index in [4.69, 9.17) is 0 Å². The summed E-state index contributed by atoms with van der Waals surface area (Å²) >= 11 is 1.45. The first kappa shape index (κ1) is 11.0. The van der Waals surface area contributed by atoms with Crippen LogP contribution in [0.5, 0.6) is 0 Å². The van der Waals surface area contributed by atoms with Crippen molar-refractivity contribution in [3.8, 4) is 10.7 Å². The molecule has 0 amide bonds. The van der Waals surface area contributed by atoms with Gasteiger partial charge in [-0.2, -0.15) is 9.37 Å². The minimum atomic E-state index is -0.516. The van der Waals surface area contributed by atoms with E-state index >= 15 is 0 Å². The highest BCUT2D eigenvalue weighted by Crippen LogP contribution is 2.28. The van der Waals surface area contributed by atoms with Gasteiger partial charge in [0.2, 0.25) is 5.95 Å². The van der Waals surface area contributed by atoms with E-state index in [1.807, 2.05) is 19.2 Å². The molecular formula is C12H9FN4S. The molecule has 6 heteroatoms. The molecule has 0 aliphatic heterocycles. The average molecular weight is 260 g/mol. The molecule has 18 heavy (non-hydrogen) atoms. The number of hydrogen-bond acceptors (Lipinski definition) is 5. The highest BCUT2D eigenvalue weighted by Gasteiger charge is 2.09. The molecule has 3 aromatic rings. The molecule has 0 unspecified atom stereocenters. The molecule has 3 aromatic heterocycles. The summed E-state index contributed by atoms with van der Waals surface area (Å²) in [4.78, 5) is 12.3. The van der Waals surface area contributed by atoms with Crippen LogP contribution in [0.1, 0.15) is 0 Å². The SMILES string of the molecule is CNc1ccc(-c2nc3nc(F)ccc3s2)nc1. The Balaban J connectivity index is 2.07. The van der Waals surface area contributed by atoms with Crippen molar-refractivity contribution in [1.29, 1.82) is 0 Å². The number of rotatable bonds is 2. The lowest BCUT2D eigenvalue weighted by atomic mass is 10.3. The van der Waals surface area contributed by atoms with Gasteiger partial charge in [-0.05, 0) is 24.3 Å². The maximum Gasteiger partial charge on any atom is 0.214 e. The van der Waals surface area contributed by atoms with Crippen LogP contribution < -0.4 is 5.32 Å². The van der Waals surface area contributed by atoms with E-state index in [-0.39, 0.29) is 0 Å². The third-order valence-corrected chi connectivity index (χ3v) is 3.52. The lowest BCUT2D eigenvalue weighted by Gasteiger charge is -1.99. The second-order valence-electron chi connectivity index (χ2n) is 3.66. The van der Waals surface area contributed by atoms with Gasteiger partial charge in [0.1, 0.15) is 5.01 Å². The number of hydrogen-bond donors (Lipinski definition) is 1. The molecule has 0 radical (unpaired) electrons. The van der Waals surface area contributed by atoms with Crippen LogP contribution in [0, 0.1) is 5.95 Å². The summed E-state index contributed by atoms with van der Waals surface area (Å²) in [5, 5.41) is 3.74. The molecule has 0 atom stereocenters. The molecule has 90 valence electrons. The Morgan fingerprint density at radius 2 is 2.06 bits per heavy atom. The lowest BCUT2D eigenvalue weighted by Crippen LogP contribution is -1.89. The van der Waals surface area contributed by atoms with E-state index in [0.29, 0.717) is 5.65 Å². The zero-order valence-electron chi connectivity index (χ0n) is 9.51. The minimum absolute atomic E-state index is 0.425. The number of halogens is 1. The van der Waals surface area contributed by atoms with E-state index < -0.39 is 5.95 Å². The molecule has 0 aromatic carbocycles. The molecule has 0 saturated carbocycles. The average Bonchev–Trinajstić information content (AvgIpc) is 2.81. The van der Waals surface area contributed by atoms with Gasteiger partial charge in [0, 0.05) is 7.05 Å². The standard InChI is InChI=1S/C12H9FN4S/c1-14-7-2-3-8(15-6-7)12-17-11-9(18-12)4-5-10(13)16-11/h2-6,14H,1H3. The molecule has 0 aliphatic rings. The van der Waals surface area contributed by atoms with Crippen LogP contribution >= 0.6 is 11.3 Å².